The summed E-state index contributed by atoms with van der Waals surface area (Å²) in [4.78, 5) is 17.1. The fourth-order valence-corrected chi connectivity index (χ4v) is 3.33. The van der Waals surface area contributed by atoms with E-state index in [1.807, 2.05) is 11.8 Å². The number of H-pyrrole nitrogens is 1. The number of nitrogens with one attached hydrogen (secondary N) is 1. The first-order chi connectivity index (χ1) is 11.6. The van der Waals surface area contributed by atoms with Gasteiger partial charge in [0.25, 0.3) is 5.91 Å². The number of carbonyl (C=O) groups excluding carboxylic acids is 1. The van der Waals surface area contributed by atoms with Gasteiger partial charge < -0.3 is 9.80 Å². The molecule has 1 amide bonds. The summed E-state index contributed by atoms with van der Waals surface area (Å²) in [5.74, 6) is 0.0260. The Morgan fingerprint density at radius 1 is 1.46 bits per heavy atom. The van der Waals surface area contributed by atoms with E-state index in [0.717, 1.165) is 26.1 Å². The normalized spacial score (nSPS) is 18.0. The van der Waals surface area contributed by atoms with Gasteiger partial charge in [0.2, 0.25) is 0 Å². The third-order valence-corrected chi connectivity index (χ3v) is 4.65. The predicted octanol–water partition coefficient (Wildman–Crippen LogP) is 2.63. The van der Waals surface area contributed by atoms with Gasteiger partial charge in [-0.25, -0.2) is 4.39 Å². The summed E-state index contributed by atoms with van der Waals surface area (Å²) in [6.07, 6.45) is 2.60. The smallest absolute Gasteiger partial charge is 0.257 e. The third kappa shape index (κ3) is 3.33. The highest BCUT2D eigenvalue weighted by molar-refractivity contribution is 5.99. The van der Waals surface area contributed by atoms with Crippen molar-refractivity contribution < 1.29 is 9.18 Å². The minimum absolute atomic E-state index is 0.0981. The van der Waals surface area contributed by atoms with E-state index in [1.165, 1.54) is 12.3 Å². The van der Waals surface area contributed by atoms with Crippen molar-refractivity contribution in [1.29, 1.82) is 0 Å². The van der Waals surface area contributed by atoms with Crippen LogP contribution in [0.3, 0.4) is 0 Å². The van der Waals surface area contributed by atoms with Gasteiger partial charge in [-0.2, -0.15) is 5.10 Å². The topological polar surface area (TPSA) is 52.2 Å². The number of carbonyl (C=O) groups is 1. The van der Waals surface area contributed by atoms with Crippen LogP contribution in [0.25, 0.3) is 11.3 Å². The summed E-state index contributed by atoms with van der Waals surface area (Å²) < 4.78 is 14.1. The lowest BCUT2D eigenvalue weighted by atomic mass is 10.0. The number of rotatable bonds is 5. The molecule has 1 atom stereocenters. The average molecular weight is 330 g/mol. The minimum Gasteiger partial charge on any atom is -0.338 e. The van der Waals surface area contributed by atoms with Crippen molar-refractivity contribution in [2.45, 2.75) is 13.3 Å². The molecular formula is C18H23FN4O. The molecule has 1 N–H and O–H groups in total. The summed E-state index contributed by atoms with van der Waals surface area (Å²) in [5, 5.41) is 6.75. The largest absolute Gasteiger partial charge is 0.338 e. The summed E-state index contributed by atoms with van der Waals surface area (Å²) in [5.41, 5.74) is 1.24. The van der Waals surface area contributed by atoms with Gasteiger partial charge in [0.05, 0.1) is 17.5 Å². The second-order valence-electron chi connectivity index (χ2n) is 6.40. The lowest BCUT2D eigenvalue weighted by Crippen LogP contribution is -2.36. The summed E-state index contributed by atoms with van der Waals surface area (Å²) in [6.45, 7) is 5.40. The van der Waals surface area contributed by atoms with Crippen LogP contribution in [-0.4, -0.2) is 59.1 Å². The van der Waals surface area contributed by atoms with E-state index in [0.29, 0.717) is 29.3 Å². The molecule has 0 radical (unpaired) electrons. The Morgan fingerprint density at radius 3 is 2.92 bits per heavy atom. The molecule has 1 aliphatic heterocycles. The maximum absolute atomic E-state index is 14.1. The quantitative estimate of drug-likeness (QED) is 0.917. The molecule has 6 heteroatoms. The van der Waals surface area contributed by atoms with Gasteiger partial charge >= 0.3 is 0 Å². The van der Waals surface area contributed by atoms with Gasteiger partial charge in [-0.05, 0) is 45.0 Å². The van der Waals surface area contributed by atoms with Gasteiger partial charge in [0.15, 0.2) is 0 Å². The number of benzene rings is 1. The fourth-order valence-electron chi connectivity index (χ4n) is 3.33. The van der Waals surface area contributed by atoms with Crippen molar-refractivity contribution in [2.24, 2.45) is 5.92 Å². The summed E-state index contributed by atoms with van der Waals surface area (Å²) >= 11 is 0. The zero-order valence-electron chi connectivity index (χ0n) is 14.1. The molecule has 1 unspecified atom stereocenters. The highest BCUT2D eigenvalue weighted by Gasteiger charge is 2.26. The Bertz CT molecular complexity index is 715. The summed E-state index contributed by atoms with van der Waals surface area (Å²) in [7, 11) is 2.10. The number of nitrogens with zero attached hydrogens (tertiary/aromatic N) is 3. The van der Waals surface area contributed by atoms with E-state index in [-0.39, 0.29) is 11.7 Å². The van der Waals surface area contributed by atoms with Crippen LogP contribution in [0, 0.1) is 11.7 Å². The SMILES string of the molecule is CCN(CC1CCN(C)C1)C(=O)c1cn[nH]c1-c1ccccc1F. The molecule has 1 aromatic carbocycles. The zero-order chi connectivity index (χ0) is 17.1. The second-order valence-corrected chi connectivity index (χ2v) is 6.40. The van der Waals surface area contributed by atoms with Crippen molar-refractivity contribution in [3.05, 3.63) is 41.8 Å². The van der Waals surface area contributed by atoms with E-state index in [9.17, 15) is 9.18 Å². The monoisotopic (exact) mass is 330 g/mol. The Labute approximate surface area is 141 Å². The van der Waals surface area contributed by atoms with Crippen LogP contribution in [0.15, 0.2) is 30.5 Å². The standard InChI is InChI=1S/C18H23FN4O/c1-3-23(12-13-8-9-22(2)11-13)18(24)15-10-20-21-17(15)14-6-4-5-7-16(14)19/h4-7,10,13H,3,8-9,11-12H2,1-2H3,(H,20,21). The third-order valence-electron chi connectivity index (χ3n) is 4.65. The molecule has 0 aliphatic carbocycles. The lowest BCUT2D eigenvalue weighted by Gasteiger charge is -2.24. The van der Waals surface area contributed by atoms with Crippen LogP contribution in [0.1, 0.15) is 23.7 Å². The maximum atomic E-state index is 14.1. The molecule has 5 nitrogen and oxygen atoms in total. The molecule has 1 saturated heterocycles. The van der Waals surface area contributed by atoms with Crippen molar-refractivity contribution in [3.63, 3.8) is 0 Å². The first-order valence-corrected chi connectivity index (χ1v) is 8.36. The number of hydrogen-bond acceptors (Lipinski definition) is 3. The highest BCUT2D eigenvalue weighted by atomic mass is 19.1. The summed E-state index contributed by atoms with van der Waals surface area (Å²) in [6, 6.07) is 6.42. The van der Waals surface area contributed by atoms with Crippen LogP contribution in [0.4, 0.5) is 4.39 Å². The predicted molar refractivity (Wildman–Crippen MR) is 91.2 cm³/mol. The van der Waals surface area contributed by atoms with E-state index < -0.39 is 0 Å². The van der Waals surface area contributed by atoms with Gasteiger partial charge in [-0.3, -0.25) is 9.89 Å². The van der Waals surface area contributed by atoms with Crippen LogP contribution in [0.2, 0.25) is 0 Å². The first-order valence-electron chi connectivity index (χ1n) is 8.36. The number of aromatic amines is 1. The molecule has 2 aromatic rings. The second kappa shape index (κ2) is 7.13. The molecule has 0 saturated carbocycles. The van der Waals surface area contributed by atoms with Gasteiger partial charge in [-0.1, -0.05) is 12.1 Å². The first kappa shape index (κ1) is 16.6. The van der Waals surface area contributed by atoms with E-state index >= 15 is 0 Å². The molecule has 1 aliphatic rings. The van der Waals surface area contributed by atoms with Crippen LogP contribution in [-0.2, 0) is 0 Å². The highest BCUT2D eigenvalue weighted by Crippen LogP contribution is 2.25. The molecule has 1 aromatic heterocycles. The average Bonchev–Trinajstić information content (AvgIpc) is 3.21. The number of halogens is 1. The molecular weight excluding hydrogens is 307 g/mol. The minimum atomic E-state index is -0.365. The number of amides is 1. The van der Waals surface area contributed by atoms with Crippen molar-refractivity contribution in [1.82, 2.24) is 20.0 Å². The zero-order valence-corrected chi connectivity index (χ0v) is 14.1. The van der Waals surface area contributed by atoms with Crippen LogP contribution in [0.5, 0.6) is 0 Å². The van der Waals surface area contributed by atoms with Crippen molar-refractivity contribution in [2.75, 3.05) is 33.2 Å². The van der Waals surface area contributed by atoms with Crippen molar-refractivity contribution in [3.8, 4) is 11.3 Å². The van der Waals surface area contributed by atoms with Gasteiger partial charge in [0.1, 0.15) is 5.82 Å². The van der Waals surface area contributed by atoms with Crippen molar-refractivity contribution >= 4 is 5.91 Å². The Morgan fingerprint density at radius 2 is 2.25 bits per heavy atom. The van der Waals surface area contributed by atoms with Crippen LogP contribution < -0.4 is 0 Å². The van der Waals surface area contributed by atoms with E-state index in [1.54, 1.807) is 18.2 Å². The number of hydrogen-bond donors (Lipinski definition) is 1. The molecule has 3 rings (SSSR count). The van der Waals surface area contributed by atoms with Crippen LogP contribution >= 0.6 is 0 Å². The Balaban J connectivity index is 1.82. The molecule has 0 bridgehead atoms. The maximum Gasteiger partial charge on any atom is 0.257 e. The van der Waals surface area contributed by atoms with E-state index in [2.05, 4.69) is 22.1 Å². The molecule has 1 fully saturated rings. The molecule has 128 valence electrons. The fraction of sp³-hybridized carbons (Fsp3) is 0.444. The van der Waals surface area contributed by atoms with E-state index in [4.69, 9.17) is 0 Å². The van der Waals surface area contributed by atoms with Gasteiger partial charge in [0, 0.05) is 25.2 Å². The number of aromatic nitrogens is 2. The molecule has 24 heavy (non-hydrogen) atoms. The molecule has 0 spiro atoms. The Hall–Kier alpha value is -2.21. The molecule has 2 heterocycles. The lowest BCUT2D eigenvalue weighted by molar-refractivity contribution is 0.0740. The van der Waals surface area contributed by atoms with Gasteiger partial charge in [-0.15, -0.1) is 0 Å². The number of likely N-dealkylation sites (tertiary alicyclic amines) is 1. The Kier molecular flexibility index (Phi) is 4.94.